The van der Waals surface area contributed by atoms with Gasteiger partial charge in [-0.2, -0.15) is 9.97 Å². The number of aromatic nitrogens is 5. The molecule has 0 radical (unpaired) electrons. The molecule has 0 saturated heterocycles. The number of benzene rings is 9. The van der Waals surface area contributed by atoms with Crippen LogP contribution in [0.2, 0.25) is 0 Å². The van der Waals surface area contributed by atoms with Crippen LogP contribution in [-0.2, 0) is 0 Å². The molecule has 0 aliphatic carbocycles. The van der Waals surface area contributed by atoms with Crippen molar-refractivity contribution in [3.05, 3.63) is 212 Å². The maximum Gasteiger partial charge on any atom is 0.238 e. The van der Waals surface area contributed by atoms with Gasteiger partial charge in [0.25, 0.3) is 0 Å². The summed E-state index contributed by atoms with van der Waals surface area (Å²) in [6.07, 6.45) is 0. The van der Waals surface area contributed by atoms with E-state index in [2.05, 4.69) is 209 Å². The first-order chi connectivity index (χ1) is 29.7. The molecule has 0 N–H and O–H groups in total. The van der Waals surface area contributed by atoms with Crippen LogP contribution in [0.25, 0.3) is 111 Å². The highest BCUT2D eigenvalue weighted by Crippen LogP contribution is 2.39. The van der Waals surface area contributed by atoms with E-state index in [1.165, 1.54) is 10.8 Å². The van der Waals surface area contributed by atoms with Crippen molar-refractivity contribution in [3.63, 3.8) is 0 Å². The Morgan fingerprint density at radius 3 is 1.32 bits per heavy atom. The summed E-state index contributed by atoms with van der Waals surface area (Å²) in [5.74, 6) is 1.77. The van der Waals surface area contributed by atoms with Crippen LogP contribution in [0.4, 0.5) is 0 Å². The molecule has 0 spiro atoms. The molecule has 12 rings (SSSR count). The average Bonchev–Trinajstić information content (AvgIpc) is 3.85. The van der Waals surface area contributed by atoms with Gasteiger partial charge in [0, 0.05) is 43.7 Å². The lowest BCUT2D eigenvalue weighted by Gasteiger charge is -2.13. The summed E-state index contributed by atoms with van der Waals surface area (Å²) in [7, 11) is 0. The minimum Gasteiger partial charge on any atom is -0.309 e. The van der Waals surface area contributed by atoms with E-state index in [9.17, 15) is 0 Å². The Balaban J connectivity index is 1.13. The largest absolute Gasteiger partial charge is 0.309 e. The van der Waals surface area contributed by atoms with Gasteiger partial charge >= 0.3 is 0 Å². The fraction of sp³-hybridized carbons (Fsp3) is 0. The molecule has 0 atom stereocenters. The highest BCUT2D eigenvalue weighted by molar-refractivity contribution is 6.19. The van der Waals surface area contributed by atoms with Gasteiger partial charge in [-0.1, -0.05) is 188 Å². The summed E-state index contributed by atoms with van der Waals surface area (Å²) < 4.78 is 4.63. The van der Waals surface area contributed by atoms with Crippen LogP contribution in [0.3, 0.4) is 0 Å². The number of rotatable bonds is 6. The zero-order valence-electron chi connectivity index (χ0n) is 32.4. The summed E-state index contributed by atoms with van der Waals surface area (Å²) in [5, 5.41) is 7.00. The second-order valence-electron chi connectivity index (χ2n) is 15.3. The van der Waals surface area contributed by atoms with Crippen LogP contribution in [0.1, 0.15) is 0 Å². The quantitative estimate of drug-likeness (QED) is 0.169. The maximum absolute atomic E-state index is 5.37. The van der Waals surface area contributed by atoms with Gasteiger partial charge in [-0.3, -0.25) is 4.57 Å². The fourth-order valence-corrected chi connectivity index (χ4v) is 8.92. The number of hydrogen-bond donors (Lipinski definition) is 0. The standard InChI is InChI=1S/C55H35N5/c1-3-13-36(14-4-1)38-23-27-41(28-24-38)53-56-54(42-29-25-39(26-30-42)37-15-5-2-6-16-37)58-55(57-53)60-51-35-43(59-49-21-11-9-19-45(49)46-20-10-12-22-50(46)59)32-34-47(51)48-33-31-40-17-7-8-18-44(40)52(48)60/h1-35H. The monoisotopic (exact) mass is 765 g/mol. The van der Waals surface area contributed by atoms with Crippen LogP contribution in [-0.4, -0.2) is 24.1 Å². The number of hydrogen-bond acceptors (Lipinski definition) is 3. The first-order valence-electron chi connectivity index (χ1n) is 20.3. The lowest BCUT2D eigenvalue weighted by Crippen LogP contribution is -2.07. The van der Waals surface area contributed by atoms with Crippen molar-refractivity contribution >= 4 is 54.4 Å². The van der Waals surface area contributed by atoms with Crippen molar-refractivity contribution in [1.29, 1.82) is 0 Å². The molecule has 3 heterocycles. The van der Waals surface area contributed by atoms with Gasteiger partial charge in [0.1, 0.15) is 0 Å². The molecule has 5 nitrogen and oxygen atoms in total. The Morgan fingerprint density at radius 2 is 0.733 bits per heavy atom. The number of para-hydroxylation sites is 2. The van der Waals surface area contributed by atoms with E-state index in [4.69, 9.17) is 15.0 Å². The third-order valence-electron chi connectivity index (χ3n) is 11.8. The highest BCUT2D eigenvalue weighted by Gasteiger charge is 2.21. The van der Waals surface area contributed by atoms with Crippen molar-refractivity contribution in [2.75, 3.05) is 0 Å². The molecule has 0 aliphatic rings. The molecule has 0 bridgehead atoms. The zero-order valence-corrected chi connectivity index (χ0v) is 32.4. The molecule has 0 amide bonds. The van der Waals surface area contributed by atoms with E-state index >= 15 is 0 Å². The van der Waals surface area contributed by atoms with E-state index in [-0.39, 0.29) is 0 Å². The minimum absolute atomic E-state index is 0.560. The molecule has 9 aromatic carbocycles. The predicted molar refractivity (Wildman–Crippen MR) is 248 cm³/mol. The van der Waals surface area contributed by atoms with Crippen molar-refractivity contribution in [3.8, 4) is 56.7 Å². The van der Waals surface area contributed by atoms with Gasteiger partial charge in [0.05, 0.1) is 22.1 Å². The highest BCUT2D eigenvalue weighted by atomic mass is 15.2. The lowest BCUT2D eigenvalue weighted by atomic mass is 10.0. The van der Waals surface area contributed by atoms with Crippen LogP contribution >= 0.6 is 0 Å². The maximum atomic E-state index is 5.37. The molecular weight excluding hydrogens is 731 g/mol. The van der Waals surface area contributed by atoms with E-state index in [1.54, 1.807) is 0 Å². The molecular formula is C55H35N5. The first-order valence-corrected chi connectivity index (χ1v) is 20.3. The number of fused-ring (bicyclic) bond motifs is 8. The summed E-state index contributed by atoms with van der Waals surface area (Å²) in [6.45, 7) is 0. The molecule has 5 heteroatoms. The smallest absolute Gasteiger partial charge is 0.238 e. The van der Waals surface area contributed by atoms with E-state index in [1.807, 2.05) is 12.1 Å². The summed E-state index contributed by atoms with van der Waals surface area (Å²) in [6, 6.07) is 75.1. The number of nitrogens with zero attached hydrogens (tertiary/aromatic N) is 5. The third-order valence-corrected chi connectivity index (χ3v) is 11.8. The lowest BCUT2D eigenvalue weighted by molar-refractivity contribution is 0.954. The third kappa shape index (κ3) is 5.52. The summed E-state index contributed by atoms with van der Waals surface area (Å²) >= 11 is 0. The Labute approximate surface area is 346 Å². The Hall–Kier alpha value is -8.15. The topological polar surface area (TPSA) is 48.5 Å². The minimum atomic E-state index is 0.560. The molecule has 0 aliphatic heterocycles. The molecule has 0 unspecified atom stereocenters. The van der Waals surface area contributed by atoms with Crippen LogP contribution in [0.5, 0.6) is 0 Å². The SMILES string of the molecule is c1ccc(-c2ccc(-c3nc(-c4ccc(-c5ccccc5)cc4)nc(-n4c5cc(-n6c7ccccc7c7ccccc76)ccc5c5ccc6ccccc6c54)n3)cc2)cc1. The van der Waals surface area contributed by atoms with Gasteiger partial charge in [0.2, 0.25) is 5.95 Å². The molecule has 0 fully saturated rings. The van der Waals surface area contributed by atoms with Crippen LogP contribution in [0, 0.1) is 0 Å². The van der Waals surface area contributed by atoms with Crippen LogP contribution in [0.15, 0.2) is 212 Å². The molecule has 0 saturated carbocycles. The van der Waals surface area contributed by atoms with Gasteiger partial charge in [-0.05, 0) is 51.9 Å². The second kappa shape index (κ2) is 13.8. The molecule has 60 heavy (non-hydrogen) atoms. The van der Waals surface area contributed by atoms with Crippen molar-refractivity contribution < 1.29 is 0 Å². The summed E-state index contributed by atoms with van der Waals surface area (Å²) in [4.78, 5) is 15.9. The van der Waals surface area contributed by atoms with Gasteiger partial charge < -0.3 is 4.57 Å². The first kappa shape index (κ1) is 33.9. The van der Waals surface area contributed by atoms with Gasteiger partial charge in [-0.15, -0.1) is 0 Å². The zero-order chi connectivity index (χ0) is 39.6. The average molecular weight is 766 g/mol. The Kier molecular flexibility index (Phi) is 7.78. The van der Waals surface area contributed by atoms with E-state index in [0.29, 0.717) is 17.6 Å². The Bertz CT molecular complexity index is 3410. The normalized spacial score (nSPS) is 11.7. The second-order valence-corrected chi connectivity index (χ2v) is 15.3. The summed E-state index contributed by atoms with van der Waals surface area (Å²) in [5.41, 5.74) is 11.9. The predicted octanol–water partition coefficient (Wildman–Crippen LogP) is 13.9. The van der Waals surface area contributed by atoms with Gasteiger partial charge in [0.15, 0.2) is 11.6 Å². The van der Waals surface area contributed by atoms with Crippen molar-refractivity contribution in [2.45, 2.75) is 0 Å². The van der Waals surface area contributed by atoms with Crippen LogP contribution < -0.4 is 0 Å². The molecule has 280 valence electrons. The van der Waals surface area contributed by atoms with E-state index in [0.717, 1.165) is 82.7 Å². The fourth-order valence-electron chi connectivity index (χ4n) is 8.92. The van der Waals surface area contributed by atoms with E-state index < -0.39 is 0 Å². The Morgan fingerprint density at radius 1 is 0.283 bits per heavy atom. The molecule has 3 aromatic heterocycles. The van der Waals surface area contributed by atoms with Crippen molar-refractivity contribution in [2.24, 2.45) is 0 Å². The molecule has 12 aromatic rings. The van der Waals surface area contributed by atoms with Gasteiger partial charge in [-0.25, -0.2) is 4.98 Å². The van der Waals surface area contributed by atoms with Crippen molar-refractivity contribution in [1.82, 2.24) is 24.1 Å².